The molecule has 2 aromatic carbocycles. The highest BCUT2D eigenvalue weighted by molar-refractivity contribution is 6.30. The minimum atomic E-state index is -0.323. The van der Waals surface area contributed by atoms with Crippen molar-refractivity contribution in [2.75, 3.05) is 0 Å². The smallest absolute Gasteiger partial charge is 0.230 e. The Labute approximate surface area is 215 Å². The van der Waals surface area contributed by atoms with Gasteiger partial charge in [0.05, 0.1) is 28.4 Å². The second-order valence-corrected chi connectivity index (χ2v) is 9.13. The van der Waals surface area contributed by atoms with Crippen molar-refractivity contribution < 1.29 is 9.13 Å². The van der Waals surface area contributed by atoms with Gasteiger partial charge in [-0.1, -0.05) is 23.7 Å². The van der Waals surface area contributed by atoms with Crippen LogP contribution in [0.4, 0.5) is 4.39 Å². The van der Waals surface area contributed by atoms with Crippen LogP contribution >= 0.6 is 11.6 Å². The molecule has 8 nitrogen and oxygen atoms in total. The second kappa shape index (κ2) is 8.21. The zero-order chi connectivity index (χ0) is 25.1. The summed E-state index contributed by atoms with van der Waals surface area (Å²) in [7, 11) is 0. The molecule has 0 spiro atoms. The lowest BCUT2D eigenvalue weighted by Crippen LogP contribution is -2.16. The first-order valence-corrected chi connectivity index (χ1v) is 11.9. The van der Waals surface area contributed by atoms with E-state index in [1.54, 1.807) is 33.9 Å². The van der Waals surface area contributed by atoms with E-state index in [9.17, 15) is 4.39 Å². The zero-order valence-electron chi connectivity index (χ0n) is 19.4. The van der Waals surface area contributed by atoms with Gasteiger partial charge in [0.1, 0.15) is 12.1 Å². The van der Waals surface area contributed by atoms with Gasteiger partial charge < -0.3 is 4.74 Å². The van der Waals surface area contributed by atoms with Gasteiger partial charge in [-0.15, -0.1) is 5.10 Å². The lowest BCUT2D eigenvalue weighted by molar-refractivity contribution is 0.402. The Kier molecular flexibility index (Phi) is 4.80. The predicted molar refractivity (Wildman–Crippen MR) is 135 cm³/mol. The van der Waals surface area contributed by atoms with Crippen LogP contribution in [0.15, 0.2) is 79.4 Å². The Morgan fingerprint density at radius 3 is 2.65 bits per heavy atom. The van der Waals surface area contributed by atoms with E-state index in [1.165, 1.54) is 12.1 Å². The van der Waals surface area contributed by atoms with Gasteiger partial charge in [-0.2, -0.15) is 5.10 Å². The van der Waals surface area contributed by atoms with Crippen LogP contribution in [0.1, 0.15) is 28.3 Å². The van der Waals surface area contributed by atoms with Crippen LogP contribution in [0.3, 0.4) is 0 Å². The molecule has 0 radical (unpaired) electrons. The standard InChI is InChI=1S/C27H17ClFN7O/c1-15-21-22(17-4-3-11-30-13-17)23-25-32-24(16-7-9-19(29)10-8-16)34-35(25)14-31-26(23)37-27(21)36(33-15)20-6-2-5-18(28)12-20/h2-14,22H,1H3/t22-/m0/s1. The molecule has 7 rings (SSSR count). The molecule has 0 aliphatic carbocycles. The third-order valence-electron chi connectivity index (χ3n) is 6.39. The highest BCUT2D eigenvalue weighted by atomic mass is 35.5. The van der Waals surface area contributed by atoms with Gasteiger partial charge in [-0.25, -0.2) is 23.6 Å². The van der Waals surface area contributed by atoms with Crippen molar-refractivity contribution >= 4 is 17.2 Å². The number of benzene rings is 2. The van der Waals surface area contributed by atoms with E-state index in [0.29, 0.717) is 33.8 Å². The first-order chi connectivity index (χ1) is 18.1. The van der Waals surface area contributed by atoms with Crippen molar-refractivity contribution in [2.45, 2.75) is 12.8 Å². The van der Waals surface area contributed by atoms with Crippen molar-refractivity contribution in [3.63, 3.8) is 0 Å². The normalized spacial score (nSPS) is 14.3. The highest BCUT2D eigenvalue weighted by Gasteiger charge is 2.38. The number of fused-ring (bicyclic) bond motifs is 4. The highest BCUT2D eigenvalue weighted by Crippen LogP contribution is 2.49. The van der Waals surface area contributed by atoms with Gasteiger partial charge in [0.2, 0.25) is 11.8 Å². The molecule has 0 unspecified atom stereocenters. The molecule has 0 saturated heterocycles. The number of aryl methyl sites for hydroxylation is 1. The molecule has 0 bridgehead atoms. The van der Waals surface area contributed by atoms with Gasteiger partial charge in [0, 0.05) is 23.0 Å². The van der Waals surface area contributed by atoms with E-state index >= 15 is 0 Å². The van der Waals surface area contributed by atoms with Crippen LogP contribution in [-0.2, 0) is 0 Å². The number of rotatable bonds is 3. The molecule has 6 aromatic rings. The molecule has 0 saturated carbocycles. The summed E-state index contributed by atoms with van der Waals surface area (Å²) in [6, 6.07) is 17.4. The third-order valence-corrected chi connectivity index (χ3v) is 6.63. The average Bonchev–Trinajstić information content (AvgIpc) is 3.50. The van der Waals surface area contributed by atoms with Crippen LogP contribution < -0.4 is 4.74 Å². The molecule has 180 valence electrons. The minimum Gasteiger partial charge on any atom is -0.420 e. The summed E-state index contributed by atoms with van der Waals surface area (Å²) in [4.78, 5) is 13.8. The Hall–Kier alpha value is -4.63. The summed E-state index contributed by atoms with van der Waals surface area (Å²) in [6.07, 6.45) is 5.11. The van der Waals surface area contributed by atoms with Gasteiger partial charge >= 0.3 is 0 Å². The molecule has 1 aliphatic rings. The number of hydrogen-bond acceptors (Lipinski definition) is 6. The summed E-state index contributed by atoms with van der Waals surface area (Å²) in [5.74, 6) is 0.766. The largest absolute Gasteiger partial charge is 0.420 e. The number of ether oxygens (including phenoxy) is 1. The van der Waals surface area contributed by atoms with E-state index in [-0.39, 0.29) is 11.7 Å². The van der Waals surface area contributed by atoms with E-state index < -0.39 is 0 Å². The fourth-order valence-corrected chi connectivity index (χ4v) is 4.95. The molecule has 0 N–H and O–H groups in total. The van der Waals surface area contributed by atoms with E-state index in [4.69, 9.17) is 26.4 Å². The van der Waals surface area contributed by atoms with E-state index in [2.05, 4.69) is 15.1 Å². The second-order valence-electron chi connectivity index (χ2n) is 8.69. The van der Waals surface area contributed by atoms with Crippen molar-refractivity contribution in [3.05, 3.63) is 113 Å². The minimum absolute atomic E-state index is 0.318. The monoisotopic (exact) mass is 509 g/mol. The predicted octanol–water partition coefficient (Wildman–Crippen LogP) is 5.76. The average molecular weight is 510 g/mol. The molecule has 0 amide bonds. The first kappa shape index (κ1) is 21.6. The van der Waals surface area contributed by atoms with Crippen LogP contribution in [0.2, 0.25) is 5.02 Å². The summed E-state index contributed by atoms with van der Waals surface area (Å²) >= 11 is 6.28. The van der Waals surface area contributed by atoms with Crippen LogP contribution in [-0.4, -0.2) is 34.3 Å². The van der Waals surface area contributed by atoms with Gasteiger partial charge in [0.25, 0.3) is 0 Å². The summed E-state index contributed by atoms with van der Waals surface area (Å²) < 4.78 is 23.3. The maximum atomic E-state index is 13.5. The Bertz CT molecular complexity index is 1800. The topological polar surface area (TPSA) is 83.0 Å². The fraction of sp³-hybridized carbons (Fsp3) is 0.0741. The molecular weight excluding hydrogens is 493 g/mol. The van der Waals surface area contributed by atoms with Crippen molar-refractivity contribution in [1.82, 2.24) is 34.3 Å². The lowest BCUT2D eigenvalue weighted by Gasteiger charge is -2.26. The van der Waals surface area contributed by atoms with Crippen molar-refractivity contribution in [3.8, 4) is 28.8 Å². The molecular formula is C27H17ClFN7O. The van der Waals surface area contributed by atoms with Gasteiger partial charge in [-0.05, 0) is 61.0 Å². The Morgan fingerprint density at radius 2 is 1.86 bits per heavy atom. The van der Waals surface area contributed by atoms with Gasteiger partial charge in [0.15, 0.2) is 11.5 Å². The lowest BCUT2D eigenvalue weighted by atomic mass is 9.85. The van der Waals surface area contributed by atoms with E-state index in [1.807, 2.05) is 49.5 Å². The number of pyridine rings is 1. The van der Waals surface area contributed by atoms with Gasteiger partial charge in [-0.3, -0.25) is 4.98 Å². The fourth-order valence-electron chi connectivity index (χ4n) is 4.76. The molecule has 1 atom stereocenters. The molecule has 4 aromatic heterocycles. The maximum Gasteiger partial charge on any atom is 0.230 e. The number of halogens is 2. The summed E-state index contributed by atoms with van der Waals surface area (Å²) in [5.41, 5.74) is 5.39. The molecule has 0 fully saturated rings. The quantitative estimate of drug-likeness (QED) is 0.301. The molecule has 5 heterocycles. The maximum absolute atomic E-state index is 13.5. The van der Waals surface area contributed by atoms with Crippen LogP contribution in [0, 0.1) is 12.7 Å². The number of aromatic nitrogens is 7. The SMILES string of the molecule is Cc1nn(-c2cccc(Cl)c2)c2c1[C@H](c1cccnc1)c1c(ncn3nc(-c4ccc(F)cc4)nc13)O2. The number of nitrogens with zero attached hydrogens (tertiary/aromatic N) is 7. The van der Waals surface area contributed by atoms with Crippen molar-refractivity contribution in [2.24, 2.45) is 0 Å². The third kappa shape index (κ3) is 3.47. The van der Waals surface area contributed by atoms with Crippen LogP contribution in [0.5, 0.6) is 11.8 Å². The molecule has 10 heteroatoms. The zero-order valence-corrected chi connectivity index (χ0v) is 20.1. The van der Waals surface area contributed by atoms with Crippen LogP contribution in [0.25, 0.3) is 22.7 Å². The number of hydrogen-bond donors (Lipinski definition) is 0. The van der Waals surface area contributed by atoms with Crippen molar-refractivity contribution in [1.29, 1.82) is 0 Å². The summed E-state index contributed by atoms with van der Waals surface area (Å²) in [6.45, 7) is 1.94. The summed E-state index contributed by atoms with van der Waals surface area (Å²) in [5, 5.41) is 10.0. The molecule has 37 heavy (non-hydrogen) atoms. The first-order valence-electron chi connectivity index (χ1n) is 11.5. The van der Waals surface area contributed by atoms with E-state index in [0.717, 1.165) is 28.1 Å². The molecule has 1 aliphatic heterocycles. The Morgan fingerprint density at radius 1 is 1.00 bits per heavy atom. The Balaban J connectivity index is 1.48.